The lowest BCUT2D eigenvalue weighted by atomic mass is 9.86. The number of anilines is 1. The van der Waals surface area contributed by atoms with Crippen LogP contribution in [0.15, 0.2) is 36.4 Å². The summed E-state index contributed by atoms with van der Waals surface area (Å²) in [5, 5.41) is 13.2. The van der Waals surface area contributed by atoms with Crippen LogP contribution in [0.2, 0.25) is 10.0 Å². The van der Waals surface area contributed by atoms with Gasteiger partial charge in [-0.05, 0) is 35.4 Å². The van der Waals surface area contributed by atoms with Crippen LogP contribution in [0.4, 0.5) is 5.69 Å². The Morgan fingerprint density at radius 2 is 1.88 bits per heavy atom. The van der Waals surface area contributed by atoms with E-state index >= 15 is 0 Å². The first-order valence-electron chi connectivity index (χ1n) is 10.9. The molecule has 10 heteroatoms. The molecule has 0 bridgehead atoms. The molecule has 34 heavy (non-hydrogen) atoms. The predicted octanol–water partition coefficient (Wildman–Crippen LogP) is 3.37. The zero-order chi connectivity index (χ0) is 24.2. The van der Waals surface area contributed by atoms with Crippen LogP contribution < -0.4 is 15.8 Å². The number of morpholine rings is 1. The Balaban J connectivity index is 1.62. The Morgan fingerprint density at radius 1 is 1.18 bits per heavy atom. The number of nitrogens with two attached hydrogens (primary N) is 1. The smallest absolute Gasteiger partial charge is 0.326 e. The minimum atomic E-state index is -1.06. The van der Waals surface area contributed by atoms with Gasteiger partial charge in [0, 0.05) is 42.3 Å². The van der Waals surface area contributed by atoms with Crippen molar-refractivity contribution in [3.8, 4) is 5.75 Å². The number of rotatable bonds is 7. The lowest BCUT2D eigenvalue weighted by Crippen LogP contribution is -2.38. The molecule has 4 rings (SSSR count). The molecule has 1 atom stereocenters. The van der Waals surface area contributed by atoms with Gasteiger partial charge in [-0.25, -0.2) is 4.79 Å². The van der Waals surface area contributed by atoms with Crippen LogP contribution in [0.3, 0.4) is 0 Å². The van der Waals surface area contributed by atoms with E-state index in [1.807, 2.05) is 0 Å². The van der Waals surface area contributed by atoms with Gasteiger partial charge in [0.1, 0.15) is 18.4 Å². The van der Waals surface area contributed by atoms with Gasteiger partial charge < -0.3 is 25.6 Å². The third-order valence-corrected chi connectivity index (χ3v) is 6.38. The average Bonchev–Trinajstić information content (AvgIpc) is 2.80. The fourth-order valence-electron chi connectivity index (χ4n) is 4.22. The van der Waals surface area contributed by atoms with Gasteiger partial charge in [0.25, 0.3) is 0 Å². The minimum absolute atomic E-state index is 0.0275. The van der Waals surface area contributed by atoms with Crippen molar-refractivity contribution in [1.82, 2.24) is 4.90 Å². The van der Waals surface area contributed by atoms with Gasteiger partial charge in [0.15, 0.2) is 0 Å². The molecule has 2 aliphatic heterocycles. The maximum absolute atomic E-state index is 12.6. The van der Waals surface area contributed by atoms with E-state index in [1.54, 1.807) is 36.4 Å². The number of primary amides is 1. The van der Waals surface area contributed by atoms with E-state index in [0.717, 1.165) is 32.8 Å². The van der Waals surface area contributed by atoms with Crippen molar-refractivity contribution < 1.29 is 24.2 Å². The van der Waals surface area contributed by atoms with Crippen molar-refractivity contribution in [3.63, 3.8) is 0 Å². The number of amides is 1. The van der Waals surface area contributed by atoms with E-state index in [0.29, 0.717) is 44.8 Å². The third kappa shape index (κ3) is 5.47. The highest BCUT2D eigenvalue weighted by Gasteiger charge is 2.32. The Bertz CT molecular complexity index is 1110. The number of hydrogen-bond donors (Lipinski definition) is 3. The summed E-state index contributed by atoms with van der Waals surface area (Å²) in [5.41, 5.74) is 7.94. The van der Waals surface area contributed by atoms with E-state index in [2.05, 4.69) is 10.2 Å². The summed E-state index contributed by atoms with van der Waals surface area (Å²) in [6, 6.07) is 9.17. The van der Waals surface area contributed by atoms with Crippen molar-refractivity contribution in [2.45, 2.75) is 12.5 Å². The molecule has 8 nitrogen and oxygen atoms in total. The molecule has 2 heterocycles. The summed E-state index contributed by atoms with van der Waals surface area (Å²) in [6.07, 6.45) is 0.0275. The molecule has 1 saturated heterocycles. The van der Waals surface area contributed by atoms with Crippen molar-refractivity contribution in [1.29, 1.82) is 0 Å². The van der Waals surface area contributed by atoms with Crippen molar-refractivity contribution in [3.05, 3.63) is 57.6 Å². The van der Waals surface area contributed by atoms with Crippen LogP contribution in [0.25, 0.3) is 11.1 Å². The molecular formula is C24H25Cl2N3O5. The van der Waals surface area contributed by atoms with Gasteiger partial charge in [-0.2, -0.15) is 0 Å². The van der Waals surface area contributed by atoms with E-state index in [9.17, 15) is 14.7 Å². The number of nitrogens with one attached hydrogen (secondary N) is 1. The fraction of sp³-hybridized carbons (Fsp3) is 0.333. The fourth-order valence-corrected chi connectivity index (χ4v) is 4.82. The number of aliphatic carboxylic acids is 1. The first-order chi connectivity index (χ1) is 16.3. The van der Waals surface area contributed by atoms with Gasteiger partial charge in [-0.15, -0.1) is 0 Å². The Hall–Kier alpha value is -2.78. The van der Waals surface area contributed by atoms with E-state index < -0.39 is 17.9 Å². The molecule has 2 aliphatic rings. The van der Waals surface area contributed by atoms with Crippen LogP contribution in [-0.4, -0.2) is 67.4 Å². The van der Waals surface area contributed by atoms with Gasteiger partial charge in [0.2, 0.25) is 5.91 Å². The highest BCUT2D eigenvalue weighted by atomic mass is 35.5. The second kappa shape index (κ2) is 10.7. The van der Waals surface area contributed by atoms with Crippen LogP contribution in [0, 0.1) is 0 Å². The number of carbonyl (C=O) groups is 2. The molecule has 0 radical (unpaired) electrons. The molecule has 0 spiro atoms. The number of hydrogen-bond acceptors (Lipinski definition) is 6. The molecule has 180 valence electrons. The normalized spacial score (nSPS) is 19.6. The summed E-state index contributed by atoms with van der Waals surface area (Å²) >= 11 is 12.6. The highest BCUT2D eigenvalue weighted by Crippen LogP contribution is 2.44. The van der Waals surface area contributed by atoms with E-state index in [1.165, 1.54) is 0 Å². The summed E-state index contributed by atoms with van der Waals surface area (Å²) < 4.78 is 11.2. The van der Waals surface area contributed by atoms with Crippen molar-refractivity contribution in [2.75, 3.05) is 44.8 Å². The van der Waals surface area contributed by atoms with E-state index in [4.69, 9.17) is 38.4 Å². The number of carboxylic acid groups (broad SMARTS) is 1. The largest absolute Gasteiger partial charge is 0.492 e. The molecule has 0 aromatic heterocycles. The van der Waals surface area contributed by atoms with Crippen molar-refractivity contribution in [2.24, 2.45) is 5.73 Å². The predicted molar refractivity (Wildman–Crippen MR) is 131 cm³/mol. The van der Waals surface area contributed by atoms with Gasteiger partial charge in [-0.3, -0.25) is 9.69 Å². The monoisotopic (exact) mass is 505 g/mol. The molecule has 0 aliphatic carbocycles. The number of benzene rings is 2. The Labute approximate surface area is 207 Å². The zero-order valence-corrected chi connectivity index (χ0v) is 19.9. The SMILES string of the molecule is NC(=O)/C(=C1/CC(C(=O)O)Nc2cc(Cl)cc(Cl)c21)c1ccc(OCCN2CCOCC2)cc1. The molecule has 2 aromatic carbocycles. The maximum Gasteiger partial charge on any atom is 0.326 e. The average molecular weight is 506 g/mol. The van der Waals surface area contributed by atoms with Gasteiger partial charge in [-0.1, -0.05) is 35.3 Å². The summed E-state index contributed by atoms with van der Waals surface area (Å²) in [7, 11) is 0. The number of ether oxygens (including phenoxy) is 2. The third-order valence-electron chi connectivity index (χ3n) is 5.86. The minimum Gasteiger partial charge on any atom is -0.492 e. The second-order valence-electron chi connectivity index (χ2n) is 8.09. The van der Waals surface area contributed by atoms with Crippen LogP contribution in [0.1, 0.15) is 17.5 Å². The van der Waals surface area contributed by atoms with Crippen molar-refractivity contribution >= 4 is 51.9 Å². The molecule has 1 amide bonds. The number of carbonyl (C=O) groups excluding carboxylic acids is 1. The lowest BCUT2D eigenvalue weighted by Gasteiger charge is -2.29. The Kier molecular flexibility index (Phi) is 7.63. The molecule has 2 aromatic rings. The number of carboxylic acids is 1. The summed E-state index contributed by atoms with van der Waals surface area (Å²) in [6.45, 7) is 4.56. The standard InChI is InChI=1S/C24H25Cl2N3O5/c25-15-11-18(26)22-17(13-20(24(31)32)28-19(22)12-15)21(23(27)30)14-1-3-16(4-2-14)34-10-7-29-5-8-33-9-6-29/h1-4,11-12,20,28H,5-10,13H2,(H2,27,30)(H,31,32)/b21-17-. The van der Waals surface area contributed by atoms with Crippen LogP contribution >= 0.6 is 23.2 Å². The molecule has 4 N–H and O–H groups in total. The summed E-state index contributed by atoms with van der Waals surface area (Å²) in [4.78, 5) is 26.6. The van der Waals surface area contributed by atoms with Gasteiger partial charge >= 0.3 is 5.97 Å². The van der Waals surface area contributed by atoms with Crippen LogP contribution in [0.5, 0.6) is 5.75 Å². The quantitative estimate of drug-likeness (QED) is 0.494. The maximum atomic E-state index is 12.6. The highest BCUT2D eigenvalue weighted by molar-refractivity contribution is 6.38. The number of halogens is 2. The van der Waals surface area contributed by atoms with Gasteiger partial charge in [0.05, 0.1) is 23.8 Å². The van der Waals surface area contributed by atoms with E-state index in [-0.39, 0.29) is 12.0 Å². The molecule has 0 saturated carbocycles. The molecule has 1 fully saturated rings. The second-order valence-corrected chi connectivity index (χ2v) is 8.94. The zero-order valence-electron chi connectivity index (χ0n) is 18.4. The molecular weight excluding hydrogens is 481 g/mol. The molecule has 1 unspecified atom stereocenters. The first kappa shape index (κ1) is 24.3. The Morgan fingerprint density at radius 3 is 2.53 bits per heavy atom. The number of nitrogens with zero attached hydrogens (tertiary/aromatic N) is 1. The number of fused-ring (bicyclic) bond motifs is 1. The first-order valence-corrected chi connectivity index (χ1v) is 11.6. The summed E-state index contributed by atoms with van der Waals surface area (Å²) in [5.74, 6) is -1.09. The lowest BCUT2D eigenvalue weighted by molar-refractivity contribution is -0.137. The topological polar surface area (TPSA) is 114 Å². The van der Waals surface area contributed by atoms with Crippen LogP contribution in [-0.2, 0) is 14.3 Å².